The quantitative estimate of drug-likeness (QED) is 0.524. The molecule has 6 nitrogen and oxygen atoms in total. The van der Waals surface area contributed by atoms with Gasteiger partial charge in [-0.1, -0.05) is 69.0 Å². The van der Waals surface area contributed by atoms with E-state index in [2.05, 4.69) is 32.2 Å². The Morgan fingerprint density at radius 1 is 1.19 bits per heavy atom. The van der Waals surface area contributed by atoms with Crippen molar-refractivity contribution in [2.45, 2.75) is 39.3 Å². The number of aliphatic hydroxyl groups is 1. The molecule has 32 heavy (non-hydrogen) atoms. The molecule has 0 bridgehead atoms. The molecule has 2 aliphatic rings. The second-order valence-corrected chi connectivity index (χ2v) is 10.5. The smallest absolute Gasteiger partial charge is 0.265 e. The molecule has 0 radical (unpaired) electrons. The highest BCUT2D eigenvalue weighted by atomic mass is 32.2. The van der Waals surface area contributed by atoms with Crippen molar-refractivity contribution < 1.29 is 19.4 Å². The molecule has 0 unspecified atom stereocenters. The third-order valence-corrected chi connectivity index (χ3v) is 6.47. The maximum absolute atomic E-state index is 12.8. The number of carbonyl (C=O) groups excluding carboxylic acids is 2. The molecule has 0 saturated carbocycles. The summed E-state index contributed by atoms with van der Waals surface area (Å²) in [7, 11) is 0. The molecular formula is C24H24N2O4S2. The van der Waals surface area contributed by atoms with E-state index in [1.54, 1.807) is 11.0 Å². The molecule has 0 aliphatic carbocycles. The monoisotopic (exact) mass is 468 g/mol. The number of carbonyl (C=O) groups is 2. The number of amides is 2. The van der Waals surface area contributed by atoms with Crippen molar-refractivity contribution >= 4 is 51.9 Å². The Bertz CT molecular complexity index is 1150. The van der Waals surface area contributed by atoms with Crippen LogP contribution in [0.2, 0.25) is 0 Å². The highest BCUT2D eigenvalue weighted by molar-refractivity contribution is 8.26. The van der Waals surface area contributed by atoms with E-state index < -0.39 is 0 Å². The van der Waals surface area contributed by atoms with Crippen LogP contribution in [0.3, 0.4) is 0 Å². The van der Waals surface area contributed by atoms with Gasteiger partial charge < -0.3 is 20.1 Å². The van der Waals surface area contributed by atoms with Crippen LogP contribution in [0.1, 0.15) is 43.0 Å². The van der Waals surface area contributed by atoms with Crippen molar-refractivity contribution in [3.05, 3.63) is 63.6 Å². The Morgan fingerprint density at radius 3 is 2.59 bits per heavy atom. The van der Waals surface area contributed by atoms with Gasteiger partial charge in [0.05, 0.1) is 23.7 Å². The third kappa shape index (κ3) is 4.72. The molecule has 2 aromatic rings. The SMILES string of the molecule is CC(C)(C)c1cc(CO)cc(CN2C(=O)COc3ccc(C=C4SC(=S)NC4=O)cc32)c1. The summed E-state index contributed by atoms with van der Waals surface area (Å²) < 4.78 is 6.06. The van der Waals surface area contributed by atoms with Crippen LogP contribution in [0.25, 0.3) is 6.08 Å². The Hall–Kier alpha value is -2.68. The molecule has 2 amide bonds. The van der Waals surface area contributed by atoms with Gasteiger partial charge in [0.2, 0.25) is 0 Å². The highest BCUT2D eigenvalue weighted by Crippen LogP contribution is 2.36. The Morgan fingerprint density at radius 2 is 1.94 bits per heavy atom. The van der Waals surface area contributed by atoms with Crippen molar-refractivity contribution in [1.29, 1.82) is 0 Å². The van der Waals surface area contributed by atoms with Crippen LogP contribution in [0, 0.1) is 0 Å². The zero-order valence-corrected chi connectivity index (χ0v) is 19.7. The number of aliphatic hydroxyl groups excluding tert-OH is 1. The molecule has 166 valence electrons. The lowest BCUT2D eigenvalue weighted by Gasteiger charge is -2.30. The lowest BCUT2D eigenvalue weighted by molar-refractivity contribution is -0.121. The van der Waals surface area contributed by atoms with Crippen molar-refractivity contribution in [2.24, 2.45) is 0 Å². The average Bonchev–Trinajstić information content (AvgIpc) is 3.06. The van der Waals surface area contributed by atoms with Gasteiger partial charge >= 0.3 is 0 Å². The van der Waals surface area contributed by atoms with Crippen molar-refractivity contribution in [3.63, 3.8) is 0 Å². The summed E-state index contributed by atoms with van der Waals surface area (Å²) in [6.45, 7) is 6.60. The van der Waals surface area contributed by atoms with Gasteiger partial charge in [-0.05, 0) is 45.9 Å². The van der Waals surface area contributed by atoms with Crippen LogP contribution in [0.15, 0.2) is 41.3 Å². The first kappa shape index (κ1) is 22.5. The number of benzene rings is 2. The number of ether oxygens (including phenoxy) is 1. The van der Waals surface area contributed by atoms with Crippen molar-refractivity contribution in [1.82, 2.24) is 5.32 Å². The fraction of sp³-hybridized carbons (Fsp3) is 0.292. The Balaban J connectivity index is 1.70. The summed E-state index contributed by atoms with van der Waals surface area (Å²) in [5, 5.41) is 12.3. The molecule has 2 heterocycles. The zero-order valence-electron chi connectivity index (χ0n) is 18.1. The van der Waals surface area contributed by atoms with Crippen LogP contribution >= 0.6 is 24.0 Å². The van der Waals surface area contributed by atoms with Gasteiger partial charge in [-0.15, -0.1) is 0 Å². The van der Waals surface area contributed by atoms with Gasteiger partial charge in [-0.2, -0.15) is 0 Å². The fourth-order valence-electron chi connectivity index (χ4n) is 3.62. The number of rotatable bonds is 4. The Labute approximate surface area is 196 Å². The minimum Gasteiger partial charge on any atom is -0.482 e. The summed E-state index contributed by atoms with van der Waals surface area (Å²) in [4.78, 5) is 27.0. The largest absolute Gasteiger partial charge is 0.482 e. The molecule has 4 rings (SSSR count). The first-order chi connectivity index (χ1) is 15.1. The number of nitrogens with zero attached hydrogens (tertiary/aromatic N) is 1. The summed E-state index contributed by atoms with van der Waals surface area (Å²) in [6, 6.07) is 11.5. The van der Waals surface area contributed by atoms with Crippen LogP contribution in [-0.4, -0.2) is 27.8 Å². The fourth-order valence-corrected chi connectivity index (χ4v) is 4.66. The molecule has 0 aromatic heterocycles. The third-order valence-electron chi connectivity index (χ3n) is 5.31. The zero-order chi connectivity index (χ0) is 23.0. The standard InChI is InChI=1S/C24H24N2O4S2/c1-24(2,3)17-7-15(6-16(8-17)12-27)11-26-18-9-14(4-5-19(18)30-13-21(26)28)10-20-22(29)25-23(31)32-20/h4-10,27H,11-13H2,1-3H3,(H,25,29,31). The lowest BCUT2D eigenvalue weighted by Crippen LogP contribution is -2.38. The van der Waals surface area contributed by atoms with Gasteiger partial charge in [0.1, 0.15) is 10.1 Å². The summed E-state index contributed by atoms with van der Waals surface area (Å²) in [5.74, 6) is 0.237. The summed E-state index contributed by atoms with van der Waals surface area (Å²) in [5.41, 5.74) is 4.17. The molecule has 2 aliphatic heterocycles. The molecule has 8 heteroatoms. The maximum Gasteiger partial charge on any atom is 0.265 e. The molecule has 0 atom stereocenters. The molecule has 1 saturated heterocycles. The number of nitrogens with one attached hydrogen (secondary N) is 1. The van der Waals surface area contributed by atoms with E-state index in [9.17, 15) is 14.7 Å². The van der Waals surface area contributed by atoms with Crippen molar-refractivity contribution in [2.75, 3.05) is 11.5 Å². The van der Waals surface area contributed by atoms with Crippen molar-refractivity contribution in [3.8, 4) is 5.75 Å². The van der Waals surface area contributed by atoms with E-state index in [1.165, 1.54) is 11.8 Å². The number of hydrogen-bond acceptors (Lipinski definition) is 6. The summed E-state index contributed by atoms with van der Waals surface area (Å²) in [6.07, 6.45) is 1.75. The van der Waals surface area contributed by atoms with Crippen LogP contribution < -0.4 is 15.0 Å². The number of hydrogen-bond donors (Lipinski definition) is 2. The van der Waals surface area contributed by atoms with E-state index in [4.69, 9.17) is 17.0 Å². The molecule has 0 spiro atoms. The Kier molecular flexibility index (Phi) is 6.11. The van der Waals surface area contributed by atoms with Crippen LogP contribution in [0.4, 0.5) is 5.69 Å². The minimum absolute atomic E-state index is 0.0359. The van der Waals surface area contributed by atoms with Crippen LogP contribution in [-0.2, 0) is 28.2 Å². The summed E-state index contributed by atoms with van der Waals surface area (Å²) >= 11 is 6.26. The predicted molar refractivity (Wildman–Crippen MR) is 131 cm³/mol. The predicted octanol–water partition coefficient (Wildman–Crippen LogP) is 3.89. The van der Waals surface area contributed by atoms with E-state index in [-0.39, 0.29) is 30.4 Å². The molecule has 2 aromatic carbocycles. The van der Waals surface area contributed by atoms with Gasteiger partial charge in [0, 0.05) is 0 Å². The minimum atomic E-state index is -0.225. The lowest BCUT2D eigenvalue weighted by atomic mass is 9.85. The second kappa shape index (κ2) is 8.69. The average molecular weight is 469 g/mol. The van der Waals surface area contributed by atoms with Gasteiger partial charge in [-0.3, -0.25) is 9.59 Å². The van der Waals surface area contributed by atoms with Gasteiger partial charge in [0.25, 0.3) is 11.8 Å². The number of fused-ring (bicyclic) bond motifs is 1. The molecule has 1 fully saturated rings. The van der Waals surface area contributed by atoms with Crippen LogP contribution in [0.5, 0.6) is 5.75 Å². The van der Waals surface area contributed by atoms with E-state index in [1.807, 2.05) is 30.3 Å². The molecular weight excluding hydrogens is 444 g/mol. The topological polar surface area (TPSA) is 78.9 Å². The first-order valence-electron chi connectivity index (χ1n) is 10.2. The van der Waals surface area contributed by atoms with E-state index in [0.29, 0.717) is 27.2 Å². The highest BCUT2D eigenvalue weighted by Gasteiger charge is 2.27. The normalized spacial score (nSPS) is 17.4. The number of anilines is 1. The van der Waals surface area contributed by atoms with E-state index in [0.717, 1.165) is 22.3 Å². The van der Waals surface area contributed by atoms with Gasteiger partial charge in [-0.25, -0.2) is 0 Å². The first-order valence-corrected chi connectivity index (χ1v) is 11.4. The molecule has 2 N–H and O–H groups in total. The van der Waals surface area contributed by atoms with E-state index >= 15 is 0 Å². The number of thiocarbonyl (C=S) groups is 1. The maximum atomic E-state index is 12.8. The van der Waals surface area contributed by atoms with Gasteiger partial charge in [0.15, 0.2) is 6.61 Å². The second-order valence-electron chi connectivity index (χ2n) is 8.79. The number of thioether (sulfide) groups is 1.